The number of β-lactam (4-membered cyclic amide) rings is 1. The number of likely N-dealkylation sites (N-methyl/N-ethyl adjacent to an activating group) is 1. The number of hydrogen-bond donors (Lipinski definition) is 0. The summed E-state index contributed by atoms with van der Waals surface area (Å²) >= 11 is 3.05. The van der Waals surface area contributed by atoms with Gasteiger partial charge in [0.15, 0.2) is 12.7 Å². The Kier molecular flexibility index (Phi) is 7.50. The minimum Gasteiger partial charge on any atom is -0.457 e. The van der Waals surface area contributed by atoms with Crippen molar-refractivity contribution in [2.45, 2.75) is 62.9 Å². The van der Waals surface area contributed by atoms with Crippen LogP contribution >= 0.6 is 23.1 Å². The zero-order valence-electron chi connectivity index (χ0n) is 21.5. The van der Waals surface area contributed by atoms with Crippen molar-refractivity contribution in [3.8, 4) is 0 Å². The summed E-state index contributed by atoms with van der Waals surface area (Å²) in [6.45, 7) is 17.3. The predicted molar refractivity (Wildman–Crippen MR) is 143 cm³/mol. The third-order valence-corrected chi connectivity index (χ3v) is 10.1. The number of carbonyl (C=O) groups is 2. The molecular formula is C25H35N3O4S2Si. The lowest BCUT2D eigenvalue weighted by atomic mass is 9.79. The molecule has 190 valence electrons. The molecule has 0 N–H and O–H groups in total. The van der Waals surface area contributed by atoms with Gasteiger partial charge in [-0.25, -0.2) is 9.78 Å². The van der Waals surface area contributed by atoms with Gasteiger partial charge in [0.25, 0.3) is 0 Å². The normalized spacial score (nSPS) is 27.6. The lowest BCUT2D eigenvalue weighted by Gasteiger charge is -2.48. The quantitative estimate of drug-likeness (QED) is 0.199. The Labute approximate surface area is 217 Å². The van der Waals surface area contributed by atoms with Gasteiger partial charge < -0.3 is 14.1 Å². The van der Waals surface area contributed by atoms with E-state index in [4.69, 9.17) is 14.1 Å². The number of esters is 1. The first kappa shape index (κ1) is 26.3. The molecule has 0 bridgehead atoms. The molecule has 1 fully saturated rings. The highest BCUT2D eigenvalue weighted by Crippen LogP contribution is 2.53. The first-order valence-corrected chi connectivity index (χ1v) is 17.1. The van der Waals surface area contributed by atoms with E-state index < -0.39 is 14.3 Å². The lowest BCUT2D eigenvalue weighted by Crippen LogP contribution is -2.64. The van der Waals surface area contributed by atoms with Gasteiger partial charge in [0.1, 0.15) is 12.3 Å². The number of thioether (sulfide) groups is 1. The van der Waals surface area contributed by atoms with Crippen molar-refractivity contribution in [3.05, 3.63) is 40.4 Å². The van der Waals surface area contributed by atoms with Crippen LogP contribution in [0.5, 0.6) is 0 Å². The van der Waals surface area contributed by atoms with Crippen molar-refractivity contribution in [1.29, 1.82) is 0 Å². The number of thiazole rings is 1. The third kappa shape index (κ3) is 4.95. The standard InChI is InChI=1S/C25H35N3O4S2Si/c1-9-12-31-24(30)21-22(34-25-26-18(13-33-25)17-10-11-27(5)15(17)3)14(2)20-19(23(29)28(20)21)16(4)32-35(6,7)8/h9-10,13-16,19-20H,1,11-12H2,2-8H3/t14-,15+,16-,19-,20-/m1/s1. The Bertz CT molecular complexity index is 1090. The van der Waals surface area contributed by atoms with Gasteiger partial charge in [-0.1, -0.05) is 37.4 Å². The molecule has 3 aliphatic heterocycles. The fraction of sp³-hybridized carbons (Fsp3) is 0.560. The highest BCUT2D eigenvalue weighted by molar-refractivity contribution is 8.04. The molecule has 5 atom stereocenters. The minimum absolute atomic E-state index is 0.0234. The Morgan fingerprint density at radius 2 is 2.11 bits per heavy atom. The van der Waals surface area contributed by atoms with Gasteiger partial charge in [-0.2, -0.15) is 0 Å². The molecule has 1 saturated heterocycles. The van der Waals surface area contributed by atoms with Crippen LogP contribution in [0.25, 0.3) is 5.57 Å². The van der Waals surface area contributed by atoms with Crippen LogP contribution in [0.2, 0.25) is 19.6 Å². The van der Waals surface area contributed by atoms with Gasteiger partial charge >= 0.3 is 5.97 Å². The minimum atomic E-state index is -1.83. The van der Waals surface area contributed by atoms with Crippen LogP contribution in [-0.4, -0.2) is 73.4 Å². The van der Waals surface area contributed by atoms with E-state index >= 15 is 0 Å². The molecule has 4 heterocycles. The Morgan fingerprint density at radius 3 is 2.71 bits per heavy atom. The first-order valence-electron chi connectivity index (χ1n) is 12.0. The van der Waals surface area contributed by atoms with Crippen molar-refractivity contribution < 1.29 is 18.8 Å². The van der Waals surface area contributed by atoms with Crippen molar-refractivity contribution >= 4 is 48.9 Å². The molecule has 0 aromatic carbocycles. The summed E-state index contributed by atoms with van der Waals surface area (Å²) in [7, 11) is 0.278. The zero-order valence-corrected chi connectivity index (χ0v) is 24.2. The molecule has 1 amide bonds. The van der Waals surface area contributed by atoms with Crippen LogP contribution in [0.3, 0.4) is 0 Å². The van der Waals surface area contributed by atoms with Crippen LogP contribution in [0, 0.1) is 11.8 Å². The van der Waals surface area contributed by atoms with E-state index in [2.05, 4.69) is 63.5 Å². The van der Waals surface area contributed by atoms with E-state index in [9.17, 15) is 9.59 Å². The van der Waals surface area contributed by atoms with E-state index in [1.54, 1.807) is 16.2 Å². The van der Waals surface area contributed by atoms with Gasteiger partial charge in [-0.15, -0.1) is 11.3 Å². The summed E-state index contributed by atoms with van der Waals surface area (Å²) in [5.41, 5.74) is 2.55. The van der Waals surface area contributed by atoms with E-state index in [0.29, 0.717) is 11.7 Å². The zero-order chi connectivity index (χ0) is 25.7. The lowest BCUT2D eigenvalue weighted by molar-refractivity contribution is -0.163. The molecule has 0 radical (unpaired) electrons. The van der Waals surface area contributed by atoms with Crippen LogP contribution in [-0.2, 0) is 18.8 Å². The molecule has 0 aliphatic carbocycles. The SMILES string of the molecule is C=CCOC(=O)C1=C(Sc2nc(C3=CCN(C)[C@H]3C)cs2)[C@H](C)[C@@H]2[C@@H]([C@@H](C)O[Si](C)(C)C)C(=O)N12. The molecular weight excluding hydrogens is 499 g/mol. The van der Waals surface area contributed by atoms with Crippen LogP contribution in [0.1, 0.15) is 26.5 Å². The maximum absolute atomic E-state index is 13.3. The molecule has 0 saturated carbocycles. The van der Waals surface area contributed by atoms with Gasteiger partial charge in [-0.05, 0) is 46.1 Å². The second kappa shape index (κ2) is 9.97. The molecule has 1 aromatic heterocycles. The Balaban J connectivity index is 1.61. The average Bonchev–Trinajstić information content (AvgIpc) is 3.42. The van der Waals surface area contributed by atoms with Crippen molar-refractivity contribution in [1.82, 2.24) is 14.8 Å². The van der Waals surface area contributed by atoms with E-state index in [1.807, 2.05) is 6.92 Å². The molecule has 1 aromatic rings. The molecule has 3 aliphatic rings. The molecule has 35 heavy (non-hydrogen) atoms. The van der Waals surface area contributed by atoms with Crippen molar-refractivity contribution in [2.75, 3.05) is 20.2 Å². The summed E-state index contributed by atoms with van der Waals surface area (Å²) < 4.78 is 12.5. The number of aromatic nitrogens is 1. The van der Waals surface area contributed by atoms with Gasteiger partial charge in [0.2, 0.25) is 5.91 Å². The largest absolute Gasteiger partial charge is 0.457 e. The number of rotatable bonds is 9. The van der Waals surface area contributed by atoms with Gasteiger partial charge in [0, 0.05) is 28.8 Å². The third-order valence-electron chi connectivity index (χ3n) is 6.85. The van der Waals surface area contributed by atoms with E-state index in [0.717, 1.165) is 21.5 Å². The summed E-state index contributed by atoms with van der Waals surface area (Å²) in [5.74, 6) is -0.854. The monoisotopic (exact) mass is 533 g/mol. The number of nitrogens with zero attached hydrogens (tertiary/aromatic N) is 3. The fourth-order valence-electron chi connectivity index (χ4n) is 5.13. The smallest absolute Gasteiger partial charge is 0.356 e. The van der Waals surface area contributed by atoms with E-state index in [-0.39, 0.29) is 36.5 Å². The Morgan fingerprint density at radius 1 is 1.40 bits per heavy atom. The first-order chi connectivity index (χ1) is 16.4. The number of amides is 1. The highest BCUT2D eigenvalue weighted by Gasteiger charge is 2.61. The summed E-state index contributed by atoms with van der Waals surface area (Å²) in [4.78, 5) is 36.0. The number of ether oxygens (including phenoxy) is 1. The van der Waals surface area contributed by atoms with Gasteiger partial charge in [0.05, 0.1) is 23.8 Å². The Hall–Kier alpha value is -1.72. The fourth-order valence-corrected chi connectivity index (χ4v) is 8.48. The summed E-state index contributed by atoms with van der Waals surface area (Å²) in [6.07, 6.45) is 3.55. The summed E-state index contributed by atoms with van der Waals surface area (Å²) in [6, 6.07) is 0.200. The molecule has 0 spiro atoms. The second-order valence-electron chi connectivity index (χ2n) is 10.4. The van der Waals surface area contributed by atoms with Crippen LogP contribution in [0.4, 0.5) is 0 Å². The number of carbonyl (C=O) groups excluding carboxylic acids is 2. The van der Waals surface area contributed by atoms with Gasteiger partial charge in [-0.3, -0.25) is 9.69 Å². The van der Waals surface area contributed by atoms with E-state index in [1.165, 1.54) is 23.4 Å². The maximum Gasteiger partial charge on any atom is 0.356 e. The van der Waals surface area contributed by atoms with Crippen molar-refractivity contribution in [2.24, 2.45) is 11.8 Å². The second-order valence-corrected chi connectivity index (χ2v) is 17.0. The van der Waals surface area contributed by atoms with Crippen LogP contribution in [0.15, 0.2) is 39.1 Å². The highest BCUT2D eigenvalue weighted by atomic mass is 32.2. The predicted octanol–water partition coefficient (Wildman–Crippen LogP) is 4.61. The summed E-state index contributed by atoms with van der Waals surface area (Å²) in [5, 5.41) is 2.08. The number of fused-ring (bicyclic) bond motifs is 1. The van der Waals surface area contributed by atoms with Crippen LogP contribution < -0.4 is 0 Å². The average molecular weight is 534 g/mol. The topological polar surface area (TPSA) is 72.0 Å². The van der Waals surface area contributed by atoms with Crippen molar-refractivity contribution in [3.63, 3.8) is 0 Å². The maximum atomic E-state index is 13.3. The number of hydrogen-bond acceptors (Lipinski definition) is 8. The molecule has 0 unspecified atom stereocenters. The molecule has 7 nitrogen and oxygen atoms in total. The molecule has 4 rings (SSSR count). The molecule has 10 heteroatoms.